The van der Waals surface area contributed by atoms with Gasteiger partial charge in [-0.1, -0.05) is 63.2 Å². The zero-order chi connectivity index (χ0) is 22.3. The number of benzene rings is 2. The minimum absolute atomic E-state index is 0.0460. The lowest BCUT2D eigenvalue weighted by Gasteiger charge is -2.44. The van der Waals surface area contributed by atoms with Crippen molar-refractivity contribution in [2.24, 2.45) is 5.92 Å². The van der Waals surface area contributed by atoms with Gasteiger partial charge < -0.3 is 10.1 Å². The molecule has 4 nitrogen and oxygen atoms in total. The average Bonchev–Trinajstić information content (AvgIpc) is 2.79. The normalized spacial score (nSPS) is 27.0. The van der Waals surface area contributed by atoms with E-state index in [1.165, 1.54) is 27.8 Å². The largest absolute Gasteiger partial charge is 0.445 e. The van der Waals surface area contributed by atoms with Gasteiger partial charge in [0, 0.05) is 6.54 Å². The summed E-state index contributed by atoms with van der Waals surface area (Å²) in [6.45, 7) is 9.95. The van der Waals surface area contributed by atoms with Crippen LogP contribution in [0, 0.1) is 5.92 Å². The van der Waals surface area contributed by atoms with E-state index >= 15 is 0 Å². The Morgan fingerprint density at radius 2 is 1.72 bits per heavy atom. The summed E-state index contributed by atoms with van der Waals surface area (Å²) in [5.74, 6) is 0.539. The van der Waals surface area contributed by atoms with E-state index in [1.807, 2.05) is 0 Å². The quantitative estimate of drug-likeness (QED) is 0.662. The van der Waals surface area contributed by atoms with Crippen molar-refractivity contribution in [3.05, 3.63) is 59.2 Å². The molecule has 2 atom stereocenters. The fourth-order valence-electron chi connectivity index (χ4n) is 5.66. The van der Waals surface area contributed by atoms with Gasteiger partial charge in [0.15, 0.2) is 0 Å². The van der Waals surface area contributed by atoms with E-state index in [0.717, 1.165) is 51.7 Å². The molecule has 32 heavy (non-hydrogen) atoms. The second-order valence-electron chi connectivity index (χ2n) is 10.9. The van der Waals surface area contributed by atoms with Gasteiger partial charge in [-0.25, -0.2) is 4.79 Å². The molecule has 2 aromatic rings. The fraction of sp³-hybridized carbons (Fsp3) is 0.536. The molecule has 1 N–H and O–H groups in total. The predicted octanol–water partition coefficient (Wildman–Crippen LogP) is 5.85. The molecule has 0 aromatic heterocycles. The summed E-state index contributed by atoms with van der Waals surface area (Å²) in [5.41, 5.74) is 6.61. The number of alkyl carbamates (subject to hydrolysis) is 1. The van der Waals surface area contributed by atoms with Crippen molar-refractivity contribution in [3.63, 3.8) is 0 Å². The van der Waals surface area contributed by atoms with Gasteiger partial charge in [0.05, 0.1) is 6.04 Å². The summed E-state index contributed by atoms with van der Waals surface area (Å²) < 4.78 is 5.88. The van der Waals surface area contributed by atoms with Crippen molar-refractivity contribution in [1.29, 1.82) is 0 Å². The van der Waals surface area contributed by atoms with Crippen LogP contribution in [-0.2, 0) is 16.6 Å². The number of ether oxygens (including phenoxy) is 1. The number of carbonyl (C=O) groups excluding carboxylic acids is 1. The number of carbonyl (C=O) groups is 1. The molecule has 4 heteroatoms. The van der Waals surface area contributed by atoms with Gasteiger partial charge in [0.1, 0.15) is 6.10 Å². The van der Waals surface area contributed by atoms with Gasteiger partial charge in [0.2, 0.25) is 0 Å². The Labute approximate surface area is 192 Å². The number of nitrogens with one attached hydrogen (secondary N) is 1. The zero-order valence-corrected chi connectivity index (χ0v) is 19.7. The molecule has 0 radical (unpaired) electrons. The van der Waals surface area contributed by atoms with E-state index in [2.05, 4.69) is 73.5 Å². The van der Waals surface area contributed by atoms with Crippen molar-refractivity contribution in [1.82, 2.24) is 10.2 Å². The molecule has 1 aliphatic carbocycles. The Morgan fingerprint density at radius 1 is 1.00 bits per heavy atom. The molecular weight excluding hydrogens is 396 g/mol. The van der Waals surface area contributed by atoms with Crippen LogP contribution >= 0.6 is 0 Å². The number of nitrogens with zero attached hydrogens (tertiary/aromatic N) is 1. The van der Waals surface area contributed by atoms with E-state index in [0.29, 0.717) is 5.92 Å². The second kappa shape index (κ2) is 8.55. The maximum Gasteiger partial charge on any atom is 0.407 e. The van der Waals surface area contributed by atoms with E-state index in [1.54, 1.807) is 0 Å². The van der Waals surface area contributed by atoms with Crippen molar-refractivity contribution in [3.8, 4) is 11.1 Å². The monoisotopic (exact) mass is 432 g/mol. The molecule has 4 aliphatic rings. The van der Waals surface area contributed by atoms with Gasteiger partial charge in [-0.2, -0.15) is 0 Å². The Kier molecular flexibility index (Phi) is 5.75. The highest BCUT2D eigenvalue weighted by atomic mass is 16.6. The molecule has 2 bridgehead atoms. The Balaban J connectivity index is 1.27. The van der Waals surface area contributed by atoms with E-state index in [9.17, 15) is 4.79 Å². The molecule has 2 aromatic carbocycles. The number of hydrogen-bond acceptors (Lipinski definition) is 3. The van der Waals surface area contributed by atoms with Crippen molar-refractivity contribution < 1.29 is 9.53 Å². The van der Waals surface area contributed by atoms with E-state index in [-0.39, 0.29) is 23.7 Å². The van der Waals surface area contributed by atoms with Crippen molar-refractivity contribution in [2.75, 3.05) is 19.6 Å². The molecule has 3 heterocycles. The number of rotatable bonds is 3. The Bertz CT molecular complexity index is 968. The van der Waals surface area contributed by atoms with Gasteiger partial charge in [-0.3, -0.25) is 4.90 Å². The minimum atomic E-state index is -0.247. The maximum absolute atomic E-state index is 12.7. The fourth-order valence-corrected chi connectivity index (χ4v) is 5.66. The molecule has 6 rings (SSSR count). The molecule has 0 saturated carbocycles. The Morgan fingerprint density at radius 3 is 2.38 bits per heavy atom. The summed E-state index contributed by atoms with van der Waals surface area (Å²) in [6, 6.07) is 15.7. The second-order valence-corrected chi connectivity index (χ2v) is 10.9. The topological polar surface area (TPSA) is 41.6 Å². The van der Waals surface area contributed by atoms with Crippen LogP contribution in [0.25, 0.3) is 11.1 Å². The lowest BCUT2D eigenvalue weighted by atomic mass is 9.84. The average molecular weight is 433 g/mol. The smallest absolute Gasteiger partial charge is 0.407 e. The van der Waals surface area contributed by atoms with Crippen LogP contribution in [0.4, 0.5) is 4.79 Å². The molecule has 0 spiro atoms. The highest BCUT2D eigenvalue weighted by molar-refractivity contribution is 5.69. The van der Waals surface area contributed by atoms with E-state index in [4.69, 9.17) is 4.74 Å². The van der Waals surface area contributed by atoms with Crippen LogP contribution in [0.5, 0.6) is 0 Å². The van der Waals surface area contributed by atoms with E-state index < -0.39 is 0 Å². The summed E-state index contributed by atoms with van der Waals surface area (Å²) >= 11 is 0. The molecule has 1 unspecified atom stereocenters. The maximum atomic E-state index is 12.7. The lowest BCUT2D eigenvalue weighted by Crippen LogP contribution is -2.52. The first kappa shape index (κ1) is 21.5. The molecule has 3 fully saturated rings. The standard InChI is InChI=1S/C28H36N2O2/c1-28(2,3)23-10-7-19(8-11-23)21-9-12-24-22(17-21)5-4-6-25(24)29-27(31)32-26-18-30-15-13-20(26)14-16-30/h7-12,17,20,25-26H,4-6,13-16,18H2,1-3H3,(H,29,31)/t25?,26-/m0/s1. The van der Waals surface area contributed by atoms with Crippen LogP contribution < -0.4 is 5.32 Å². The molecule has 170 valence electrons. The number of fused-ring (bicyclic) bond motifs is 4. The van der Waals surface area contributed by atoms with Crippen LogP contribution in [0.1, 0.15) is 69.2 Å². The summed E-state index contributed by atoms with van der Waals surface area (Å²) in [4.78, 5) is 15.1. The number of hydrogen-bond donors (Lipinski definition) is 1. The lowest BCUT2D eigenvalue weighted by molar-refractivity contribution is -0.0340. The first-order valence-corrected chi connectivity index (χ1v) is 12.3. The molecular formula is C28H36N2O2. The van der Waals surface area contributed by atoms with Crippen LogP contribution in [0.2, 0.25) is 0 Å². The van der Waals surface area contributed by atoms with Crippen molar-refractivity contribution >= 4 is 6.09 Å². The third kappa shape index (κ3) is 4.43. The number of piperidine rings is 3. The first-order chi connectivity index (χ1) is 15.4. The first-order valence-electron chi connectivity index (χ1n) is 12.3. The summed E-state index contributed by atoms with van der Waals surface area (Å²) in [7, 11) is 0. The Hall–Kier alpha value is -2.33. The number of aryl methyl sites for hydroxylation is 1. The van der Waals surface area contributed by atoms with Gasteiger partial charge in [-0.15, -0.1) is 0 Å². The van der Waals surface area contributed by atoms with Gasteiger partial charge in [-0.05, 0) is 84.3 Å². The third-order valence-corrected chi connectivity index (χ3v) is 7.69. The predicted molar refractivity (Wildman–Crippen MR) is 129 cm³/mol. The number of amides is 1. The molecule has 3 saturated heterocycles. The van der Waals surface area contributed by atoms with Crippen molar-refractivity contribution in [2.45, 2.75) is 70.4 Å². The van der Waals surface area contributed by atoms with Crippen LogP contribution in [0.15, 0.2) is 42.5 Å². The highest BCUT2D eigenvalue weighted by Crippen LogP contribution is 2.34. The van der Waals surface area contributed by atoms with Crippen LogP contribution in [-0.4, -0.2) is 36.7 Å². The summed E-state index contributed by atoms with van der Waals surface area (Å²) in [6.07, 6.45) is 5.25. The summed E-state index contributed by atoms with van der Waals surface area (Å²) in [5, 5.41) is 3.19. The molecule has 1 amide bonds. The minimum Gasteiger partial charge on any atom is -0.445 e. The van der Waals surface area contributed by atoms with Gasteiger partial charge in [0.25, 0.3) is 0 Å². The molecule has 3 aliphatic heterocycles. The SMILES string of the molecule is CC(C)(C)c1ccc(-c2ccc3c(c2)CCCC3NC(=O)O[C@H]2CN3CCC2CC3)cc1. The zero-order valence-electron chi connectivity index (χ0n) is 19.7. The third-order valence-electron chi connectivity index (χ3n) is 7.69. The highest BCUT2D eigenvalue weighted by Gasteiger charge is 2.37. The van der Waals surface area contributed by atoms with Crippen LogP contribution in [0.3, 0.4) is 0 Å². The van der Waals surface area contributed by atoms with Gasteiger partial charge >= 0.3 is 6.09 Å².